The van der Waals surface area contributed by atoms with E-state index in [1.807, 2.05) is 50.2 Å². The van der Waals surface area contributed by atoms with E-state index in [9.17, 15) is 4.79 Å². The van der Waals surface area contributed by atoms with Gasteiger partial charge in [-0.15, -0.1) is 12.4 Å². The highest BCUT2D eigenvalue weighted by Gasteiger charge is 2.20. The monoisotopic (exact) mass is 415 g/mol. The van der Waals surface area contributed by atoms with Crippen molar-refractivity contribution in [2.24, 2.45) is 0 Å². The molecule has 1 aliphatic rings. The van der Waals surface area contributed by atoms with Gasteiger partial charge >= 0.3 is 0 Å². The normalized spacial score (nSPS) is 16.3. The molecule has 1 saturated heterocycles. The molecule has 29 heavy (non-hydrogen) atoms. The minimum atomic E-state index is -0.104. The average molecular weight is 416 g/mol. The van der Waals surface area contributed by atoms with Crippen molar-refractivity contribution in [2.45, 2.75) is 39.3 Å². The number of hydrogen-bond acceptors (Lipinski definition) is 5. The van der Waals surface area contributed by atoms with Gasteiger partial charge in [0.2, 0.25) is 0 Å². The Bertz CT molecular complexity index is 977. The third-order valence-corrected chi connectivity index (χ3v) is 5.28. The minimum Gasteiger partial charge on any atom is -0.488 e. The number of aromatic nitrogens is 1. The summed E-state index contributed by atoms with van der Waals surface area (Å²) in [6.45, 7) is 5.87. The Morgan fingerprint density at radius 3 is 2.69 bits per heavy atom. The van der Waals surface area contributed by atoms with Gasteiger partial charge in [-0.1, -0.05) is 29.4 Å². The Kier molecular flexibility index (Phi) is 6.77. The first-order valence-electron chi connectivity index (χ1n) is 9.71. The Labute approximate surface area is 176 Å². The first-order chi connectivity index (χ1) is 13.6. The number of fused-ring (bicyclic) bond motifs is 1. The van der Waals surface area contributed by atoms with Gasteiger partial charge in [-0.3, -0.25) is 4.79 Å². The Morgan fingerprint density at radius 1 is 1.28 bits per heavy atom. The van der Waals surface area contributed by atoms with E-state index in [2.05, 4.69) is 15.8 Å². The SMILES string of the molecule is Cc1noc(C)c1COc1cc2ccccc2cc1C(=O)N[C@H]1CCCNC1.Cl. The van der Waals surface area contributed by atoms with Crippen molar-refractivity contribution in [3.05, 3.63) is 59.0 Å². The molecule has 6 nitrogen and oxygen atoms in total. The first-order valence-corrected chi connectivity index (χ1v) is 9.71. The van der Waals surface area contributed by atoms with E-state index in [4.69, 9.17) is 9.26 Å². The van der Waals surface area contributed by atoms with Gasteiger partial charge in [-0.25, -0.2) is 0 Å². The molecule has 0 bridgehead atoms. The molecule has 3 aromatic rings. The van der Waals surface area contributed by atoms with Crippen LogP contribution in [0.2, 0.25) is 0 Å². The summed E-state index contributed by atoms with van der Waals surface area (Å²) < 4.78 is 11.3. The largest absolute Gasteiger partial charge is 0.488 e. The topological polar surface area (TPSA) is 76.4 Å². The molecule has 0 aliphatic carbocycles. The van der Waals surface area contributed by atoms with Crippen molar-refractivity contribution in [3.63, 3.8) is 0 Å². The fourth-order valence-corrected chi connectivity index (χ4v) is 3.61. The summed E-state index contributed by atoms with van der Waals surface area (Å²) >= 11 is 0. The van der Waals surface area contributed by atoms with E-state index in [0.29, 0.717) is 17.9 Å². The molecule has 2 N–H and O–H groups in total. The Balaban J connectivity index is 0.00000240. The average Bonchev–Trinajstić information content (AvgIpc) is 3.04. The lowest BCUT2D eigenvalue weighted by molar-refractivity contribution is 0.0926. The molecule has 1 aliphatic heterocycles. The van der Waals surface area contributed by atoms with Gasteiger partial charge in [-0.2, -0.15) is 0 Å². The second-order valence-corrected chi connectivity index (χ2v) is 7.30. The second-order valence-electron chi connectivity index (χ2n) is 7.30. The van der Waals surface area contributed by atoms with Crippen LogP contribution in [0.4, 0.5) is 0 Å². The van der Waals surface area contributed by atoms with Gasteiger partial charge in [0.25, 0.3) is 5.91 Å². The number of nitrogens with one attached hydrogen (secondary N) is 2. The number of carbonyl (C=O) groups is 1. The molecular weight excluding hydrogens is 390 g/mol. The Hall–Kier alpha value is -2.57. The lowest BCUT2D eigenvalue weighted by Gasteiger charge is -2.24. The molecule has 1 atom stereocenters. The molecule has 0 spiro atoms. The van der Waals surface area contributed by atoms with Gasteiger partial charge in [0.05, 0.1) is 16.8 Å². The molecule has 1 amide bonds. The molecule has 2 aromatic carbocycles. The summed E-state index contributed by atoms with van der Waals surface area (Å²) in [5, 5.41) is 12.5. The van der Waals surface area contributed by atoms with Crippen molar-refractivity contribution in [1.82, 2.24) is 15.8 Å². The fraction of sp³-hybridized carbons (Fsp3) is 0.364. The summed E-state index contributed by atoms with van der Waals surface area (Å²) in [6, 6.07) is 12.0. The summed E-state index contributed by atoms with van der Waals surface area (Å²) in [5.74, 6) is 1.20. The van der Waals surface area contributed by atoms with Crippen LogP contribution in [0.25, 0.3) is 10.8 Å². The van der Waals surface area contributed by atoms with Crippen molar-refractivity contribution >= 4 is 29.1 Å². The Morgan fingerprint density at radius 2 is 2.03 bits per heavy atom. The zero-order valence-electron chi connectivity index (χ0n) is 16.7. The third-order valence-electron chi connectivity index (χ3n) is 5.28. The number of hydrogen-bond donors (Lipinski definition) is 2. The molecule has 1 aromatic heterocycles. The molecule has 154 valence electrons. The highest BCUT2D eigenvalue weighted by atomic mass is 35.5. The zero-order valence-corrected chi connectivity index (χ0v) is 17.5. The molecular formula is C22H26ClN3O3. The summed E-state index contributed by atoms with van der Waals surface area (Å²) in [4.78, 5) is 13.0. The predicted molar refractivity (Wildman–Crippen MR) is 115 cm³/mol. The van der Waals surface area contributed by atoms with Crippen molar-refractivity contribution in [1.29, 1.82) is 0 Å². The van der Waals surface area contributed by atoms with Gasteiger partial charge in [0.15, 0.2) is 0 Å². The molecule has 0 radical (unpaired) electrons. The maximum absolute atomic E-state index is 13.0. The van der Waals surface area contributed by atoms with E-state index < -0.39 is 0 Å². The molecule has 0 saturated carbocycles. The maximum Gasteiger partial charge on any atom is 0.255 e. The number of piperidine rings is 1. The van der Waals surface area contributed by atoms with Crippen LogP contribution >= 0.6 is 12.4 Å². The fourth-order valence-electron chi connectivity index (χ4n) is 3.61. The van der Waals surface area contributed by atoms with Crippen LogP contribution in [0.3, 0.4) is 0 Å². The second kappa shape index (κ2) is 9.29. The predicted octanol–water partition coefficient (Wildman–Crippen LogP) is 3.93. The number of carbonyl (C=O) groups excluding carboxylic acids is 1. The van der Waals surface area contributed by atoms with Gasteiger partial charge < -0.3 is 19.9 Å². The van der Waals surface area contributed by atoms with E-state index in [-0.39, 0.29) is 24.4 Å². The summed E-state index contributed by atoms with van der Waals surface area (Å²) in [5.41, 5.74) is 2.27. The number of amides is 1. The van der Waals surface area contributed by atoms with E-state index in [1.165, 1.54) is 0 Å². The first kappa shape index (κ1) is 21.1. The van der Waals surface area contributed by atoms with Gasteiger partial charge in [0, 0.05) is 12.6 Å². The molecule has 0 unspecified atom stereocenters. The lowest BCUT2D eigenvalue weighted by atomic mass is 10.0. The highest BCUT2D eigenvalue weighted by Crippen LogP contribution is 2.28. The van der Waals surface area contributed by atoms with Crippen molar-refractivity contribution < 1.29 is 14.1 Å². The van der Waals surface area contributed by atoms with E-state index in [1.54, 1.807) is 0 Å². The number of ether oxygens (including phenoxy) is 1. The highest BCUT2D eigenvalue weighted by molar-refractivity contribution is 6.01. The van der Waals surface area contributed by atoms with Crippen LogP contribution in [-0.2, 0) is 6.61 Å². The minimum absolute atomic E-state index is 0. The van der Waals surface area contributed by atoms with Crippen molar-refractivity contribution in [2.75, 3.05) is 13.1 Å². The van der Waals surface area contributed by atoms with E-state index >= 15 is 0 Å². The summed E-state index contributed by atoms with van der Waals surface area (Å²) in [7, 11) is 0. The smallest absolute Gasteiger partial charge is 0.255 e. The molecule has 7 heteroatoms. The van der Waals surface area contributed by atoms with E-state index in [0.717, 1.165) is 53.7 Å². The van der Waals surface area contributed by atoms with Crippen LogP contribution in [-0.4, -0.2) is 30.2 Å². The third kappa shape index (κ3) is 4.71. The number of nitrogens with zero attached hydrogens (tertiary/aromatic N) is 1. The zero-order chi connectivity index (χ0) is 19.5. The number of aryl methyl sites for hydroxylation is 2. The van der Waals surface area contributed by atoms with Crippen LogP contribution < -0.4 is 15.4 Å². The molecule has 1 fully saturated rings. The number of halogens is 1. The van der Waals surface area contributed by atoms with Crippen molar-refractivity contribution in [3.8, 4) is 5.75 Å². The quantitative estimate of drug-likeness (QED) is 0.660. The molecule has 2 heterocycles. The number of benzene rings is 2. The maximum atomic E-state index is 13.0. The van der Waals surface area contributed by atoms with Crippen LogP contribution in [0, 0.1) is 13.8 Å². The lowest BCUT2D eigenvalue weighted by Crippen LogP contribution is -2.45. The van der Waals surface area contributed by atoms with Gasteiger partial charge in [0.1, 0.15) is 18.1 Å². The molecule has 4 rings (SSSR count). The van der Waals surface area contributed by atoms with Crippen LogP contribution in [0.15, 0.2) is 40.9 Å². The summed E-state index contributed by atoms with van der Waals surface area (Å²) in [6.07, 6.45) is 2.06. The van der Waals surface area contributed by atoms with Crippen LogP contribution in [0.1, 0.15) is 40.2 Å². The standard InChI is InChI=1S/C22H25N3O3.ClH/c1-14-20(15(2)28-25-14)13-27-21-11-17-7-4-3-6-16(17)10-19(21)22(26)24-18-8-5-9-23-12-18;/h3-4,6-7,10-11,18,23H,5,8-9,12-13H2,1-2H3,(H,24,26);1H/t18-;/m0./s1. The number of rotatable bonds is 5. The van der Waals surface area contributed by atoms with Crippen LogP contribution in [0.5, 0.6) is 5.75 Å². The van der Waals surface area contributed by atoms with Gasteiger partial charge in [-0.05, 0) is 56.1 Å².